The Morgan fingerprint density at radius 1 is 1.30 bits per heavy atom. The highest BCUT2D eigenvalue weighted by Crippen LogP contribution is 2.29. The third-order valence-corrected chi connectivity index (χ3v) is 3.39. The smallest absolute Gasteiger partial charge is 0.159 e. The van der Waals surface area contributed by atoms with Crippen LogP contribution in [0.25, 0.3) is 11.4 Å². The maximum absolute atomic E-state index is 5.80. The van der Waals surface area contributed by atoms with Crippen LogP contribution in [0.4, 0.5) is 0 Å². The summed E-state index contributed by atoms with van der Waals surface area (Å²) in [5.74, 6) is 0.780. The summed E-state index contributed by atoms with van der Waals surface area (Å²) in [6.07, 6.45) is 4.65. The van der Waals surface area contributed by atoms with Crippen molar-refractivity contribution in [2.24, 2.45) is 0 Å². The Balaban J connectivity index is 0.00000147. The Kier molecular flexibility index (Phi) is 5.06. The second kappa shape index (κ2) is 6.79. The van der Waals surface area contributed by atoms with E-state index in [2.05, 4.69) is 33.5 Å². The van der Waals surface area contributed by atoms with E-state index in [-0.39, 0.29) is 18.5 Å². The number of likely N-dealkylation sites (N-methyl/N-ethyl adjacent to an activating group) is 1. The van der Waals surface area contributed by atoms with E-state index < -0.39 is 0 Å². The minimum absolute atomic E-state index is 0. The van der Waals surface area contributed by atoms with E-state index in [1.165, 1.54) is 11.1 Å². The van der Waals surface area contributed by atoms with Crippen LogP contribution in [0, 0.1) is 0 Å². The molecule has 0 radical (unpaired) electrons. The van der Waals surface area contributed by atoms with E-state index in [0.29, 0.717) is 0 Å². The Morgan fingerprint density at radius 3 is 2.85 bits per heavy atom. The molecule has 4 nitrogen and oxygen atoms in total. The zero-order chi connectivity index (χ0) is 13.1. The third-order valence-electron chi connectivity index (χ3n) is 3.39. The predicted molar refractivity (Wildman–Crippen MR) is 81.0 cm³/mol. The second-order valence-corrected chi connectivity index (χ2v) is 4.65. The minimum Gasteiger partial charge on any atom is -0.372 e. The van der Waals surface area contributed by atoms with E-state index in [4.69, 9.17) is 4.74 Å². The zero-order valence-electron chi connectivity index (χ0n) is 11.4. The van der Waals surface area contributed by atoms with Gasteiger partial charge in [-0.05, 0) is 36.7 Å². The lowest BCUT2D eigenvalue weighted by molar-refractivity contribution is 0.0439. The molecule has 1 aliphatic rings. The molecule has 2 heterocycles. The molecule has 1 aromatic carbocycles. The van der Waals surface area contributed by atoms with Crippen LogP contribution in [-0.2, 0) is 11.2 Å². The van der Waals surface area contributed by atoms with Crippen LogP contribution in [0.15, 0.2) is 36.7 Å². The summed E-state index contributed by atoms with van der Waals surface area (Å²) in [6, 6.07) is 8.24. The summed E-state index contributed by atoms with van der Waals surface area (Å²) in [5, 5.41) is 3.17. The van der Waals surface area contributed by atoms with Crippen molar-refractivity contribution in [1.82, 2.24) is 15.3 Å². The average molecular weight is 292 g/mol. The lowest BCUT2D eigenvalue weighted by Crippen LogP contribution is -2.25. The molecule has 5 heteroatoms. The van der Waals surface area contributed by atoms with Crippen LogP contribution >= 0.6 is 12.4 Å². The summed E-state index contributed by atoms with van der Waals surface area (Å²) >= 11 is 0. The van der Waals surface area contributed by atoms with Crippen molar-refractivity contribution >= 4 is 12.4 Å². The van der Waals surface area contributed by atoms with E-state index >= 15 is 0 Å². The first-order chi connectivity index (χ1) is 9.38. The van der Waals surface area contributed by atoms with Gasteiger partial charge in [-0.3, -0.25) is 0 Å². The van der Waals surface area contributed by atoms with Crippen LogP contribution < -0.4 is 5.32 Å². The van der Waals surface area contributed by atoms with Crippen LogP contribution in [0.5, 0.6) is 0 Å². The molecule has 0 saturated heterocycles. The van der Waals surface area contributed by atoms with Crippen molar-refractivity contribution in [3.8, 4) is 11.4 Å². The molecule has 0 fully saturated rings. The number of halogens is 1. The fraction of sp³-hybridized carbons (Fsp3) is 0.333. The molecule has 0 amide bonds. The van der Waals surface area contributed by atoms with Gasteiger partial charge in [0.25, 0.3) is 0 Å². The number of nitrogens with one attached hydrogen (secondary N) is 1. The number of hydrogen-bond donors (Lipinski definition) is 1. The number of benzene rings is 1. The fourth-order valence-electron chi connectivity index (χ4n) is 2.48. The first kappa shape index (κ1) is 14.9. The second-order valence-electron chi connectivity index (χ2n) is 4.65. The summed E-state index contributed by atoms with van der Waals surface area (Å²) in [6.45, 7) is 1.62. The number of nitrogens with zero attached hydrogens (tertiary/aromatic N) is 2. The first-order valence-corrected chi connectivity index (χ1v) is 6.55. The minimum atomic E-state index is 0. The number of rotatable bonds is 3. The van der Waals surface area contributed by atoms with Gasteiger partial charge in [-0.2, -0.15) is 0 Å². The Morgan fingerprint density at radius 2 is 2.10 bits per heavy atom. The molecule has 0 unspecified atom stereocenters. The first-order valence-electron chi connectivity index (χ1n) is 6.55. The maximum Gasteiger partial charge on any atom is 0.159 e. The molecule has 0 aliphatic carbocycles. The van der Waals surface area contributed by atoms with Crippen LogP contribution in [0.2, 0.25) is 0 Å². The molecular formula is C15H18ClN3O. The molecule has 0 saturated carbocycles. The van der Waals surface area contributed by atoms with Gasteiger partial charge in [-0.1, -0.05) is 12.1 Å². The highest BCUT2D eigenvalue weighted by atomic mass is 35.5. The lowest BCUT2D eigenvalue weighted by atomic mass is 9.95. The van der Waals surface area contributed by atoms with Gasteiger partial charge < -0.3 is 10.1 Å². The van der Waals surface area contributed by atoms with Crippen molar-refractivity contribution in [2.45, 2.75) is 12.5 Å². The molecule has 20 heavy (non-hydrogen) atoms. The van der Waals surface area contributed by atoms with Gasteiger partial charge in [0.2, 0.25) is 0 Å². The number of hydrogen-bond acceptors (Lipinski definition) is 4. The van der Waals surface area contributed by atoms with Crippen LogP contribution in [-0.4, -0.2) is 30.2 Å². The van der Waals surface area contributed by atoms with Gasteiger partial charge in [-0.15, -0.1) is 12.4 Å². The van der Waals surface area contributed by atoms with Gasteiger partial charge in [0, 0.05) is 24.5 Å². The van der Waals surface area contributed by atoms with Gasteiger partial charge in [0.1, 0.15) is 0 Å². The summed E-state index contributed by atoms with van der Waals surface area (Å²) in [5.41, 5.74) is 3.70. The molecule has 0 spiro atoms. The number of ether oxygens (including phenoxy) is 1. The Hall–Kier alpha value is -1.49. The molecule has 106 valence electrons. The summed E-state index contributed by atoms with van der Waals surface area (Å²) < 4.78 is 5.80. The number of aromatic nitrogens is 2. The highest BCUT2D eigenvalue weighted by molar-refractivity contribution is 5.85. The molecule has 1 N–H and O–H groups in total. The molecule has 2 aromatic rings. The molecule has 3 rings (SSSR count). The average Bonchev–Trinajstić information content (AvgIpc) is 2.48. The topological polar surface area (TPSA) is 47.0 Å². The largest absolute Gasteiger partial charge is 0.372 e. The van der Waals surface area contributed by atoms with Crippen molar-refractivity contribution in [2.75, 3.05) is 20.2 Å². The highest BCUT2D eigenvalue weighted by Gasteiger charge is 2.20. The van der Waals surface area contributed by atoms with E-state index in [0.717, 1.165) is 31.0 Å². The van der Waals surface area contributed by atoms with Crippen molar-refractivity contribution in [1.29, 1.82) is 0 Å². The number of fused-ring (bicyclic) bond motifs is 1. The quantitative estimate of drug-likeness (QED) is 0.943. The molecule has 0 bridgehead atoms. The third kappa shape index (κ3) is 2.98. The lowest BCUT2D eigenvalue weighted by Gasteiger charge is -2.26. The molecule has 1 atom stereocenters. The SMILES string of the molecule is CNC[C@@H]1OCCc2cc(-c3ncccn3)ccc21.Cl. The monoisotopic (exact) mass is 291 g/mol. The Bertz CT molecular complexity index is 562. The van der Waals surface area contributed by atoms with Crippen LogP contribution in [0.3, 0.4) is 0 Å². The summed E-state index contributed by atoms with van der Waals surface area (Å²) in [7, 11) is 1.95. The van der Waals surface area contributed by atoms with Crippen LogP contribution in [0.1, 0.15) is 17.2 Å². The Labute approximate surface area is 125 Å². The van der Waals surface area contributed by atoms with Gasteiger partial charge in [-0.25, -0.2) is 9.97 Å². The summed E-state index contributed by atoms with van der Waals surface area (Å²) in [4.78, 5) is 8.60. The van der Waals surface area contributed by atoms with Gasteiger partial charge >= 0.3 is 0 Å². The van der Waals surface area contributed by atoms with Crippen molar-refractivity contribution < 1.29 is 4.74 Å². The van der Waals surface area contributed by atoms with E-state index in [1.807, 2.05) is 13.1 Å². The van der Waals surface area contributed by atoms with Gasteiger partial charge in [0.15, 0.2) is 5.82 Å². The maximum atomic E-state index is 5.80. The normalized spacial score (nSPS) is 17.1. The van der Waals surface area contributed by atoms with E-state index in [9.17, 15) is 0 Å². The zero-order valence-corrected chi connectivity index (χ0v) is 12.2. The van der Waals surface area contributed by atoms with Crippen molar-refractivity contribution in [3.05, 3.63) is 47.8 Å². The van der Waals surface area contributed by atoms with Gasteiger partial charge in [0.05, 0.1) is 12.7 Å². The molecular weight excluding hydrogens is 274 g/mol. The fourth-order valence-corrected chi connectivity index (χ4v) is 2.48. The molecule has 1 aliphatic heterocycles. The molecule has 1 aromatic heterocycles. The van der Waals surface area contributed by atoms with Crippen molar-refractivity contribution in [3.63, 3.8) is 0 Å². The predicted octanol–water partition coefficient (Wildman–Crippen LogP) is 2.40. The van der Waals surface area contributed by atoms with E-state index in [1.54, 1.807) is 12.4 Å². The standard InChI is InChI=1S/C15H17N3O.ClH/c1-16-10-14-13-4-3-12(9-11(13)5-8-19-14)15-17-6-2-7-18-15;/h2-4,6-7,9,14,16H,5,8,10H2,1H3;1H/t14-;/m0./s1.